The summed E-state index contributed by atoms with van der Waals surface area (Å²) < 4.78 is 14.5. The molecule has 2 nitrogen and oxygen atoms in total. The molecule has 0 aliphatic carbocycles. The Bertz CT molecular complexity index is 516. The Kier molecular flexibility index (Phi) is 4.44. The van der Waals surface area contributed by atoms with E-state index in [0.717, 1.165) is 5.56 Å². The Morgan fingerprint density at radius 1 is 1.33 bits per heavy atom. The molecule has 0 saturated heterocycles. The fourth-order valence-electron chi connectivity index (χ4n) is 1.91. The third-order valence-electron chi connectivity index (χ3n) is 2.87. The summed E-state index contributed by atoms with van der Waals surface area (Å²) in [6.07, 6.45) is 4.25. The smallest absolute Gasteiger partial charge is 0.142 e. The SMILES string of the molecule is CNC(Cc1cccnc1)c1cccc(Br)c1F. The number of aromatic nitrogens is 1. The molecular weight excluding hydrogens is 295 g/mol. The van der Waals surface area contributed by atoms with Gasteiger partial charge in [-0.25, -0.2) is 4.39 Å². The molecule has 2 aromatic rings. The molecule has 0 bridgehead atoms. The summed E-state index contributed by atoms with van der Waals surface area (Å²) in [5.41, 5.74) is 1.74. The molecule has 1 heterocycles. The molecule has 1 aromatic carbocycles. The van der Waals surface area contributed by atoms with Gasteiger partial charge in [-0.15, -0.1) is 0 Å². The highest BCUT2D eigenvalue weighted by atomic mass is 79.9. The first-order valence-corrected chi connectivity index (χ1v) is 6.51. The lowest BCUT2D eigenvalue weighted by molar-refractivity contribution is 0.530. The molecule has 0 saturated carbocycles. The zero-order chi connectivity index (χ0) is 13.0. The maximum atomic E-state index is 14.0. The van der Waals surface area contributed by atoms with Crippen LogP contribution >= 0.6 is 15.9 Å². The molecule has 2 rings (SSSR count). The van der Waals surface area contributed by atoms with Gasteiger partial charge in [0.05, 0.1) is 4.47 Å². The highest BCUT2D eigenvalue weighted by Crippen LogP contribution is 2.25. The Balaban J connectivity index is 2.26. The van der Waals surface area contributed by atoms with E-state index in [1.165, 1.54) is 0 Å². The average molecular weight is 309 g/mol. The molecule has 1 unspecified atom stereocenters. The lowest BCUT2D eigenvalue weighted by Crippen LogP contribution is -2.20. The van der Waals surface area contributed by atoms with E-state index in [1.54, 1.807) is 24.5 Å². The van der Waals surface area contributed by atoms with Crippen LogP contribution in [-0.4, -0.2) is 12.0 Å². The zero-order valence-electron chi connectivity index (χ0n) is 10.0. The van der Waals surface area contributed by atoms with Gasteiger partial charge in [0.1, 0.15) is 5.82 Å². The number of nitrogens with one attached hydrogen (secondary N) is 1. The predicted molar refractivity (Wildman–Crippen MR) is 73.8 cm³/mol. The summed E-state index contributed by atoms with van der Waals surface area (Å²) >= 11 is 3.21. The van der Waals surface area contributed by atoms with Gasteiger partial charge in [0.15, 0.2) is 0 Å². The maximum Gasteiger partial charge on any atom is 0.142 e. The lowest BCUT2D eigenvalue weighted by atomic mass is 9.99. The van der Waals surface area contributed by atoms with E-state index in [9.17, 15) is 4.39 Å². The molecule has 0 radical (unpaired) electrons. The number of rotatable bonds is 4. The van der Waals surface area contributed by atoms with Crippen molar-refractivity contribution in [3.63, 3.8) is 0 Å². The van der Waals surface area contributed by atoms with Crippen LogP contribution in [0.15, 0.2) is 47.2 Å². The number of pyridine rings is 1. The lowest BCUT2D eigenvalue weighted by Gasteiger charge is -2.17. The summed E-state index contributed by atoms with van der Waals surface area (Å²) in [7, 11) is 1.83. The van der Waals surface area contributed by atoms with E-state index in [0.29, 0.717) is 16.5 Å². The van der Waals surface area contributed by atoms with Crippen molar-refractivity contribution in [1.82, 2.24) is 10.3 Å². The van der Waals surface area contributed by atoms with Gasteiger partial charge in [-0.05, 0) is 47.1 Å². The Morgan fingerprint density at radius 3 is 2.83 bits per heavy atom. The van der Waals surface area contributed by atoms with Crippen LogP contribution in [0.4, 0.5) is 4.39 Å². The first-order valence-electron chi connectivity index (χ1n) is 5.72. The minimum atomic E-state index is -0.208. The van der Waals surface area contributed by atoms with Crippen LogP contribution in [-0.2, 0) is 6.42 Å². The molecule has 0 spiro atoms. The highest BCUT2D eigenvalue weighted by molar-refractivity contribution is 9.10. The van der Waals surface area contributed by atoms with Crippen molar-refractivity contribution in [2.75, 3.05) is 7.05 Å². The number of hydrogen-bond acceptors (Lipinski definition) is 2. The van der Waals surface area contributed by atoms with E-state index < -0.39 is 0 Å². The number of hydrogen-bond donors (Lipinski definition) is 1. The molecule has 0 amide bonds. The molecular formula is C14H14BrFN2. The second-order valence-corrected chi connectivity index (χ2v) is 4.90. The quantitative estimate of drug-likeness (QED) is 0.935. The summed E-state index contributed by atoms with van der Waals surface area (Å²) in [5, 5.41) is 3.15. The zero-order valence-corrected chi connectivity index (χ0v) is 11.6. The summed E-state index contributed by atoms with van der Waals surface area (Å²) in [6.45, 7) is 0. The maximum absolute atomic E-state index is 14.0. The molecule has 0 fully saturated rings. The fourth-order valence-corrected chi connectivity index (χ4v) is 2.29. The van der Waals surface area contributed by atoms with Crippen LogP contribution in [0.5, 0.6) is 0 Å². The van der Waals surface area contributed by atoms with Gasteiger partial charge in [-0.1, -0.05) is 18.2 Å². The first-order chi connectivity index (χ1) is 8.72. The van der Waals surface area contributed by atoms with Crippen molar-refractivity contribution in [2.45, 2.75) is 12.5 Å². The van der Waals surface area contributed by atoms with Gasteiger partial charge in [0, 0.05) is 24.0 Å². The van der Waals surface area contributed by atoms with Crippen LogP contribution < -0.4 is 5.32 Å². The summed E-state index contributed by atoms with van der Waals surface area (Å²) in [4.78, 5) is 4.07. The molecule has 1 N–H and O–H groups in total. The molecule has 0 aliphatic rings. The highest BCUT2D eigenvalue weighted by Gasteiger charge is 2.16. The Hall–Kier alpha value is -1.26. The number of likely N-dealkylation sites (N-methyl/N-ethyl adjacent to an activating group) is 1. The van der Waals surface area contributed by atoms with Gasteiger partial charge in [0.25, 0.3) is 0 Å². The van der Waals surface area contributed by atoms with Crippen molar-refractivity contribution >= 4 is 15.9 Å². The van der Waals surface area contributed by atoms with Crippen molar-refractivity contribution in [3.05, 3.63) is 64.1 Å². The molecule has 1 atom stereocenters. The molecule has 1 aromatic heterocycles. The van der Waals surface area contributed by atoms with Crippen LogP contribution in [0.3, 0.4) is 0 Å². The number of halogens is 2. The second kappa shape index (κ2) is 6.07. The monoisotopic (exact) mass is 308 g/mol. The van der Waals surface area contributed by atoms with E-state index in [-0.39, 0.29) is 11.9 Å². The van der Waals surface area contributed by atoms with Crippen molar-refractivity contribution < 1.29 is 4.39 Å². The Labute approximate surface area is 114 Å². The van der Waals surface area contributed by atoms with Crippen LogP contribution in [0.25, 0.3) is 0 Å². The number of nitrogens with zero attached hydrogens (tertiary/aromatic N) is 1. The van der Waals surface area contributed by atoms with Crippen LogP contribution in [0.1, 0.15) is 17.2 Å². The van der Waals surface area contributed by atoms with Gasteiger partial charge in [0.2, 0.25) is 0 Å². The molecule has 18 heavy (non-hydrogen) atoms. The average Bonchev–Trinajstić information content (AvgIpc) is 2.41. The first kappa shape index (κ1) is 13.2. The fraction of sp³-hybridized carbons (Fsp3) is 0.214. The van der Waals surface area contributed by atoms with Crippen LogP contribution in [0, 0.1) is 5.82 Å². The van der Waals surface area contributed by atoms with E-state index in [4.69, 9.17) is 0 Å². The van der Waals surface area contributed by atoms with E-state index >= 15 is 0 Å². The molecule has 0 aliphatic heterocycles. The largest absolute Gasteiger partial charge is 0.313 e. The van der Waals surface area contributed by atoms with Gasteiger partial charge in [-0.2, -0.15) is 0 Å². The van der Waals surface area contributed by atoms with Crippen LogP contribution in [0.2, 0.25) is 0 Å². The molecule has 94 valence electrons. The van der Waals surface area contributed by atoms with Crippen molar-refractivity contribution in [2.24, 2.45) is 0 Å². The number of benzene rings is 1. The van der Waals surface area contributed by atoms with Gasteiger partial charge >= 0.3 is 0 Å². The molecule has 4 heteroatoms. The second-order valence-electron chi connectivity index (χ2n) is 4.05. The van der Waals surface area contributed by atoms with E-state index in [1.807, 2.05) is 25.2 Å². The minimum absolute atomic E-state index is 0.0632. The third kappa shape index (κ3) is 2.94. The minimum Gasteiger partial charge on any atom is -0.313 e. The normalized spacial score (nSPS) is 12.4. The topological polar surface area (TPSA) is 24.9 Å². The standard InChI is InChI=1S/C14H14BrFN2/c1-17-13(8-10-4-3-7-18-9-10)11-5-2-6-12(15)14(11)16/h2-7,9,13,17H,8H2,1H3. The summed E-state index contributed by atoms with van der Waals surface area (Å²) in [6, 6.07) is 9.17. The van der Waals surface area contributed by atoms with Gasteiger partial charge < -0.3 is 5.32 Å². The van der Waals surface area contributed by atoms with Gasteiger partial charge in [-0.3, -0.25) is 4.98 Å². The van der Waals surface area contributed by atoms with Crippen molar-refractivity contribution in [1.29, 1.82) is 0 Å². The van der Waals surface area contributed by atoms with E-state index in [2.05, 4.69) is 26.2 Å². The summed E-state index contributed by atoms with van der Waals surface area (Å²) in [5.74, 6) is -0.208. The van der Waals surface area contributed by atoms with Crippen molar-refractivity contribution in [3.8, 4) is 0 Å². The Morgan fingerprint density at radius 2 is 2.17 bits per heavy atom. The predicted octanol–water partition coefficient (Wildman–Crippen LogP) is 3.49. The third-order valence-corrected chi connectivity index (χ3v) is 3.48.